The van der Waals surface area contributed by atoms with Gasteiger partial charge >= 0.3 is 0 Å². The Bertz CT molecular complexity index is 354. The minimum Gasteiger partial charge on any atom is -0.250 e. The van der Waals surface area contributed by atoms with Crippen molar-refractivity contribution in [3.63, 3.8) is 0 Å². The van der Waals surface area contributed by atoms with Gasteiger partial charge in [-0.05, 0) is 32.1 Å². The molecule has 1 aromatic rings. The van der Waals surface area contributed by atoms with Crippen molar-refractivity contribution in [2.75, 3.05) is 11.8 Å². The van der Waals surface area contributed by atoms with E-state index in [4.69, 9.17) is 23.2 Å². The maximum Gasteiger partial charge on any atom is 0.0896 e. The molecule has 0 saturated heterocycles. The van der Waals surface area contributed by atoms with Crippen LogP contribution < -0.4 is 0 Å². The zero-order chi connectivity index (χ0) is 12.3. The Hall–Kier alpha value is 0.210. The van der Waals surface area contributed by atoms with Gasteiger partial charge in [0.1, 0.15) is 0 Å². The lowest BCUT2D eigenvalue weighted by Gasteiger charge is -2.35. The molecule has 0 spiro atoms. The predicted molar refractivity (Wildman–Crippen MR) is 76.4 cm³/mol. The molecule has 1 nitrogen and oxygen atoms in total. The molecule has 1 saturated carbocycles. The van der Waals surface area contributed by atoms with Gasteiger partial charge in [0.25, 0.3) is 0 Å². The highest BCUT2D eigenvalue weighted by molar-refractivity contribution is 7.11. The van der Waals surface area contributed by atoms with Gasteiger partial charge in [-0.25, -0.2) is 4.98 Å². The van der Waals surface area contributed by atoms with E-state index in [0.29, 0.717) is 17.7 Å². The zero-order valence-corrected chi connectivity index (χ0v) is 12.5. The number of hydrogen-bond acceptors (Lipinski definition) is 2. The third-order valence-corrected chi connectivity index (χ3v) is 5.93. The van der Waals surface area contributed by atoms with Crippen molar-refractivity contribution in [2.45, 2.75) is 39.0 Å². The van der Waals surface area contributed by atoms with Gasteiger partial charge in [-0.2, -0.15) is 0 Å². The molecule has 1 aliphatic rings. The van der Waals surface area contributed by atoms with E-state index in [2.05, 4.69) is 4.98 Å². The zero-order valence-electron chi connectivity index (χ0n) is 10.2. The number of rotatable bonds is 5. The summed E-state index contributed by atoms with van der Waals surface area (Å²) in [4.78, 5) is 5.66. The normalized spacial score (nSPS) is 17.8. The molecular weight excluding hydrogens is 273 g/mol. The lowest BCUT2D eigenvalue weighted by atomic mass is 9.74. The third-order valence-electron chi connectivity index (χ3n) is 3.95. The minimum absolute atomic E-state index is 0.0819. The van der Waals surface area contributed by atoms with Crippen LogP contribution in [0.1, 0.15) is 35.6 Å². The summed E-state index contributed by atoms with van der Waals surface area (Å²) in [6.45, 7) is 2.05. The first kappa shape index (κ1) is 13.6. The molecule has 0 amide bonds. The standard InChI is InChI=1S/C13H19Cl2NS/c1-10-16-7-12(17-10)6-13(8-14,9-15)11-4-2-3-5-11/h7,11H,2-6,8-9H2,1H3. The average Bonchev–Trinajstić information content (AvgIpc) is 2.98. The second-order valence-corrected chi connectivity index (χ2v) is 6.99. The Kier molecular flexibility index (Phi) is 4.73. The van der Waals surface area contributed by atoms with E-state index < -0.39 is 0 Å². The number of alkyl halides is 2. The van der Waals surface area contributed by atoms with Crippen LogP contribution in [0.15, 0.2) is 6.20 Å². The summed E-state index contributed by atoms with van der Waals surface area (Å²) in [6, 6.07) is 0. The predicted octanol–water partition coefficient (Wildman–Crippen LogP) is 4.65. The molecule has 1 fully saturated rings. The smallest absolute Gasteiger partial charge is 0.0896 e. The van der Waals surface area contributed by atoms with Gasteiger partial charge in [-0.15, -0.1) is 34.5 Å². The SMILES string of the molecule is Cc1ncc(CC(CCl)(CCl)C2CCCC2)s1. The van der Waals surface area contributed by atoms with E-state index in [-0.39, 0.29) is 5.41 Å². The Morgan fingerprint density at radius 3 is 2.47 bits per heavy atom. The molecule has 0 unspecified atom stereocenters. The second-order valence-electron chi connectivity index (χ2n) is 5.13. The van der Waals surface area contributed by atoms with E-state index in [1.54, 1.807) is 11.3 Å². The van der Waals surface area contributed by atoms with Crippen LogP contribution in [0.3, 0.4) is 0 Å². The van der Waals surface area contributed by atoms with E-state index in [1.165, 1.54) is 30.6 Å². The Morgan fingerprint density at radius 1 is 1.35 bits per heavy atom. The molecule has 17 heavy (non-hydrogen) atoms. The van der Waals surface area contributed by atoms with Crippen molar-refractivity contribution in [1.82, 2.24) is 4.98 Å². The molecule has 0 aromatic carbocycles. The number of halogens is 2. The minimum atomic E-state index is 0.0819. The quantitative estimate of drug-likeness (QED) is 0.720. The van der Waals surface area contributed by atoms with Gasteiger partial charge in [-0.1, -0.05) is 12.8 Å². The van der Waals surface area contributed by atoms with Gasteiger partial charge < -0.3 is 0 Å². The Morgan fingerprint density at radius 2 is 2.00 bits per heavy atom. The summed E-state index contributed by atoms with van der Waals surface area (Å²) in [7, 11) is 0. The third kappa shape index (κ3) is 2.97. The second kappa shape index (κ2) is 5.90. The lowest BCUT2D eigenvalue weighted by molar-refractivity contribution is 0.226. The van der Waals surface area contributed by atoms with Gasteiger partial charge in [0, 0.05) is 28.2 Å². The molecule has 1 heterocycles. The largest absolute Gasteiger partial charge is 0.250 e. The molecular formula is C13H19Cl2NS. The highest BCUT2D eigenvalue weighted by Crippen LogP contribution is 2.44. The molecule has 1 aromatic heterocycles. The molecule has 0 radical (unpaired) electrons. The average molecular weight is 292 g/mol. The van der Waals surface area contributed by atoms with Gasteiger partial charge in [0.15, 0.2) is 0 Å². The highest BCUT2D eigenvalue weighted by Gasteiger charge is 2.39. The monoisotopic (exact) mass is 291 g/mol. The number of hydrogen-bond donors (Lipinski definition) is 0. The molecule has 0 aliphatic heterocycles. The van der Waals surface area contributed by atoms with Crippen molar-refractivity contribution in [3.05, 3.63) is 16.1 Å². The first-order valence-corrected chi connectivity index (χ1v) is 8.12. The van der Waals surface area contributed by atoms with Crippen molar-refractivity contribution in [2.24, 2.45) is 11.3 Å². The fraction of sp³-hybridized carbons (Fsp3) is 0.769. The van der Waals surface area contributed by atoms with Crippen LogP contribution in [-0.2, 0) is 6.42 Å². The molecule has 4 heteroatoms. The van der Waals surface area contributed by atoms with E-state index in [9.17, 15) is 0 Å². The molecule has 1 aliphatic carbocycles. The Balaban J connectivity index is 2.15. The summed E-state index contributed by atoms with van der Waals surface area (Å²) in [6.07, 6.45) is 8.23. The van der Waals surface area contributed by atoms with Gasteiger partial charge in [0.05, 0.1) is 5.01 Å². The summed E-state index contributed by atoms with van der Waals surface area (Å²) in [5.41, 5.74) is 0.0819. The number of aryl methyl sites for hydroxylation is 1. The summed E-state index contributed by atoms with van der Waals surface area (Å²) in [5, 5.41) is 1.13. The lowest BCUT2D eigenvalue weighted by Crippen LogP contribution is -2.35. The molecule has 0 atom stereocenters. The fourth-order valence-electron chi connectivity index (χ4n) is 2.86. The van der Waals surface area contributed by atoms with Crippen molar-refractivity contribution in [1.29, 1.82) is 0 Å². The molecule has 0 N–H and O–H groups in total. The highest BCUT2D eigenvalue weighted by atomic mass is 35.5. The van der Waals surface area contributed by atoms with Crippen LogP contribution >= 0.6 is 34.5 Å². The van der Waals surface area contributed by atoms with Crippen LogP contribution in [0.4, 0.5) is 0 Å². The Labute approximate surface area is 118 Å². The summed E-state index contributed by atoms with van der Waals surface area (Å²) >= 11 is 14.3. The molecule has 2 rings (SSSR count). The summed E-state index contributed by atoms with van der Waals surface area (Å²) < 4.78 is 0. The fourth-order valence-corrected chi connectivity index (χ4v) is 4.73. The van der Waals surface area contributed by atoms with Crippen molar-refractivity contribution in [3.8, 4) is 0 Å². The van der Waals surface area contributed by atoms with E-state index >= 15 is 0 Å². The van der Waals surface area contributed by atoms with Crippen molar-refractivity contribution >= 4 is 34.5 Å². The van der Waals surface area contributed by atoms with Crippen LogP contribution in [-0.4, -0.2) is 16.7 Å². The van der Waals surface area contributed by atoms with Gasteiger partial charge in [0.2, 0.25) is 0 Å². The van der Waals surface area contributed by atoms with E-state index in [1.807, 2.05) is 13.1 Å². The van der Waals surface area contributed by atoms with Gasteiger partial charge in [-0.3, -0.25) is 0 Å². The molecule has 96 valence electrons. The number of aromatic nitrogens is 1. The molecule has 0 bridgehead atoms. The number of nitrogens with zero attached hydrogens (tertiary/aromatic N) is 1. The van der Waals surface area contributed by atoms with Crippen LogP contribution in [0.5, 0.6) is 0 Å². The topological polar surface area (TPSA) is 12.9 Å². The maximum absolute atomic E-state index is 6.26. The van der Waals surface area contributed by atoms with Crippen LogP contribution in [0, 0.1) is 18.3 Å². The van der Waals surface area contributed by atoms with E-state index in [0.717, 1.165) is 11.4 Å². The van der Waals surface area contributed by atoms with Crippen molar-refractivity contribution < 1.29 is 0 Å². The first-order chi connectivity index (χ1) is 8.20. The van der Waals surface area contributed by atoms with Crippen LogP contribution in [0.25, 0.3) is 0 Å². The number of thiazole rings is 1. The summed E-state index contributed by atoms with van der Waals surface area (Å²) in [5.74, 6) is 2.02. The first-order valence-electron chi connectivity index (χ1n) is 6.23. The maximum atomic E-state index is 6.26. The van der Waals surface area contributed by atoms with Crippen LogP contribution in [0.2, 0.25) is 0 Å².